The van der Waals surface area contributed by atoms with Gasteiger partial charge in [0.15, 0.2) is 0 Å². The van der Waals surface area contributed by atoms with E-state index in [0.29, 0.717) is 12.0 Å². The van der Waals surface area contributed by atoms with Crippen molar-refractivity contribution in [2.45, 2.75) is 33.2 Å². The molecule has 0 bridgehead atoms. The van der Waals surface area contributed by atoms with Crippen molar-refractivity contribution >= 4 is 0 Å². The highest BCUT2D eigenvalue weighted by molar-refractivity contribution is 4.81. The van der Waals surface area contributed by atoms with Gasteiger partial charge in [0.1, 0.15) is 0 Å². The van der Waals surface area contributed by atoms with Gasteiger partial charge in [-0.25, -0.2) is 0 Å². The van der Waals surface area contributed by atoms with Crippen LogP contribution in [0.5, 0.6) is 0 Å². The highest BCUT2D eigenvalue weighted by Crippen LogP contribution is 2.14. The van der Waals surface area contributed by atoms with Crippen LogP contribution in [-0.4, -0.2) is 60.8 Å². The van der Waals surface area contributed by atoms with Gasteiger partial charge in [-0.3, -0.25) is 4.90 Å². The van der Waals surface area contributed by atoms with Crippen molar-refractivity contribution in [3.05, 3.63) is 0 Å². The molecular weight excluding hydrogens is 200 g/mol. The van der Waals surface area contributed by atoms with E-state index < -0.39 is 0 Å². The lowest BCUT2D eigenvalue weighted by molar-refractivity contribution is 0.109. The van der Waals surface area contributed by atoms with E-state index >= 15 is 0 Å². The minimum atomic E-state index is 0.287. The Bertz CT molecular complexity index is 196. The van der Waals surface area contributed by atoms with E-state index in [2.05, 4.69) is 37.6 Å². The molecule has 1 aliphatic rings. The lowest BCUT2D eigenvalue weighted by Crippen LogP contribution is -2.43. The second kappa shape index (κ2) is 6.58. The Morgan fingerprint density at radius 3 is 2.50 bits per heavy atom. The van der Waals surface area contributed by atoms with Crippen LogP contribution in [0, 0.1) is 11.8 Å². The van der Waals surface area contributed by atoms with Gasteiger partial charge in [0.25, 0.3) is 0 Å². The molecule has 16 heavy (non-hydrogen) atoms. The molecule has 2 atom stereocenters. The maximum absolute atomic E-state index is 9.49. The number of likely N-dealkylation sites (N-methyl/N-ethyl adjacent to an activating group) is 1. The minimum absolute atomic E-state index is 0.287. The second-order valence-corrected chi connectivity index (χ2v) is 5.84. The molecule has 0 radical (unpaired) electrons. The largest absolute Gasteiger partial charge is 0.395 e. The third-order valence-corrected chi connectivity index (χ3v) is 3.41. The van der Waals surface area contributed by atoms with E-state index in [9.17, 15) is 5.11 Å². The molecule has 1 rings (SSSR count). The van der Waals surface area contributed by atoms with E-state index in [-0.39, 0.29) is 6.61 Å². The summed E-state index contributed by atoms with van der Waals surface area (Å²) in [5.74, 6) is 1.45. The van der Waals surface area contributed by atoms with Crippen molar-refractivity contribution in [1.82, 2.24) is 9.80 Å². The van der Waals surface area contributed by atoms with Crippen LogP contribution in [0.25, 0.3) is 0 Å². The molecule has 0 aromatic heterocycles. The van der Waals surface area contributed by atoms with E-state index in [1.54, 1.807) is 0 Å². The summed E-state index contributed by atoms with van der Waals surface area (Å²) in [6.07, 6.45) is 1.23. The highest BCUT2D eigenvalue weighted by Gasteiger charge is 2.25. The van der Waals surface area contributed by atoms with Gasteiger partial charge in [0.05, 0.1) is 6.61 Å². The Kier molecular flexibility index (Phi) is 5.73. The van der Waals surface area contributed by atoms with E-state index in [1.165, 1.54) is 6.42 Å². The number of aliphatic hydroxyl groups is 1. The molecule has 1 N–H and O–H groups in total. The molecule has 0 saturated carbocycles. The zero-order valence-electron chi connectivity index (χ0n) is 11.3. The highest BCUT2D eigenvalue weighted by atomic mass is 16.3. The molecule has 3 nitrogen and oxygen atoms in total. The maximum Gasteiger partial charge on any atom is 0.0599 e. The number of aliphatic hydroxyl groups excluding tert-OH is 1. The van der Waals surface area contributed by atoms with Gasteiger partial charge >= 0.3 is 0 Å². The summed E-state index contributed by atoms with van der Waals surface area (Å²) in [5.41, 5.74) is 0. The maximum atomic E-state index is 9.49. The first-order valence-electron chi connectivity index (χ1n) is 6.56. The molecule has 0 spiro atoms. The molecule has 1 fully saturated rings. The van der Waals surface area contributed by atoms with Gasteiger partial charge in [-0.15, -0.1) is 0 Å². The van der Waals surface area contributed by atoms with Gasteiger partial charge in [0, 0.05) is 25.7 Å². The molecule has 1 saturated heterocycles. The average Bonchev–Trinajstić information content (AvgIpc) is 2.33. The predicted octanol–water partition coefficient (Wildman–Crippen LogP) is 1.28. The van der Waals surface area contributed by atoms with Crippen molar-refractivity contribution < 1.29 is 5.11 Å². The van der Waals surface area contributed by atoms with Crippen LogP contribution in [0.2, 0.25) is 0 Å². The smallest absolute Gasteiger partial charge is 0.0599 e. The SMILES string of the molecule is CC(C)CCN1CC(C)CN(C)CC1CO. The van der Waals surface area contributed by atoms with Crippen LogP contribution in [0.3, 0.4) is 0 Å². The quantitative estimate of drug-likeness (QED) is 0.785. The van der Waals surface area contributed by atoms with Crippen LogP contribution >= 0.6 is 0 Å². The summed E-state index contributed by atoms with van der Waals surface area (Å²) in [6.45, 7) is 11.5. The number of nitrogens with zero attached hydrogens (tertiary/aromatic N) is 2. The molecule has 0 aromatic rings. The average molecular weight is 228 g/mol. The van der Waals surface area contributed by atoms with Crippen LogP contribution in [0.1, 0.15) is 27.2 Å². The Morgan fingerprint density at radius 2 is 1.94 bits per heavy atom. The third kappa shape index (κ3) is 4.40. The molecule has 1 heterocycles. The molecule has 2 unspecified atom stereocenters. The summed E-state index contributed by atoms with van der Waals surface area (Å²) in [6, 6.07) is 0.327. The van der Waals surface area contributed by atoms with Crippen molar-refractivity contribution in [3.8, 4) is 0 Å². The fraction of sp³-hybridized carbons (Fsp3) is 1.00. The number of rotatable bonds is 4. The van der Waals surface area contributed by atoms with Crippen molar-refractivity contribution in [3.63, 3.8) is 0 Å². The fourth-order valence-electron chi connectivity index (χ4n) is 2.56. The lowest BCUT2D eigenvalue weighted by atomic mass is 10.1. The van der Waals surface area contributed by atoms with Crippen LogP contribution < -0.4 is 0 Å². The molecule has 0 aromatic carbocycles. The minimum Gasteiger partial charge on any atom is -0.395 e. The Balaban J connectivity index is 2.54. The van der Waals surface area contributed by atoms with Crippen molar-refractivity contribution in [2.75, 3.05) is 39.8 Å². The second-order valence-electron chi connectivity index (χ2n) is 5.84. The normalized spacial score (nSPS) is 29.6. The van der Waals surface area contributed by atoms with Crippen molar-refractivity contribution in [1.29, 1.82) is 0 Å². The van der Waals surface area contributed by atoms with Crippen LogP contribution in [0.4, 0.5) is 0 Å². The molecule has 1 aliphatic heterocycles. The van der Waals surface area contributed by atoms with Crippen molar-refractivity contribution in [2.24, 2.45) is 11.8 Å². The summed E-state index contributed by atoms with van der Waals surface area (Å²) in [4.78, 5) is 4.83. The van der Waals surface area contributed by atoms with Crippen LogP contribution in [-0.2, 0) is 0 Å². The van der Waals surface area contributed by atoms with Gasteiger partial charge in [-0.05, 0) is 31.8 Å². The Labute approximate surface area is 100 Å². The lowest BCUT2D eigenvalue weighted by Gasteiger charge is -2.30. The van der Waals surface area contributed by atoms with E-state index in [0.717, 1.165) is 32.1 Å². The molecule has 0 aliphatic carbocycles. The summed E-state index contributed by atoms with van der Waals surface area (Å²) in [7, 11) is 2.16. The summed E-state index contributed by atoms with van der Waals surface area (Å²) >= 11 is 0. The zero-order valence-corrected chi connectivity index (χ0v) is 11.3. The standard InChI is InChI=1S/C13H28N2O/c1-11(2)5-6-15-8-12(3)7-14(4)9-13(15)10-16/h11-13,16H,5-10H2,1-4H3. The summed E-state index contributed by atoms with van der Waals surface area (Å²) in [5, 5.41) is 9.49. The fourth-order valence-corrected chi connectivity index (χ4v) is 2.56. The Hall–Kier alpha value is -0.120. The van der Waals surface area contributed by atoms with Crippen LogP contribution in [0.15, 0.2) is 0 Å². The molecule has 3 heteroatoms. The topological polar surface area (TPSA) is 26.7 Å². The predicted molar refractivity (Wildman–Crippen MR) is 68.6 cm³/mol. The zero-order chi connectivity index (χ0) is 12.1. The van der Waals surface area contributed by atoms with E-state index in [1.807, 2.05) is 0 Å². The first-order chi connectivity index (χ1) is 7.52. The van der Waals surface area contributed by atoms with Gasteiger partial charge in [-0.2, -0.15) is 0 Å². The van der Waals surface area contributed by atoms with Gasteiger partial charge < -0.3 is 10.0 Å². The number of hydrogen-bond donors (Lipinski definition) is 1. The van der Waals surface area contributed by atoms with Gasteiger partial charge in [-0.1, -0.05) is 20.8 Å². The Morgan fingerprint density at radius 1 is 1.25 bits per heavy atom. The molecular formula is C13H28N2O. The first-order valence-corrected chi connectivity index (χ1v) is 6.56. The molecule has 96 valence electrons. The van der Waals surface area contributed by atoms with E-state index in [4.69, 9.17) is 0 Å². The van der Waals surface area contributed by atoms with Gasteiger partial charge in [0.2, 0.25) is 0 Å². The monoisotopic (exact) mass is 228 g/mol. The first kappa shape index (κ1) is 13.9. The number of hydrogen-bond acceptors (Lipinski definition) is 3. The third-order valence-electron chi connectivity index (χ3n) is 3.41. The summed E-state index contributed by atoms with van der Waals surface area (Å²) < 4.78 is 0. The molecule has 0 amide bonds.